The number of carbonyl (C=O) groups is 2. The van der Waals surface area contributed by atoms with Gasteiger partial charge < -0.3 is 24.4 Å². The number of ketones is 1. The minimum Gasteiger partial charge on any atom is -0.507 e. The van der Waals surface area contributed by atoms with E-state index in [2.05, 4.69) is 0 Å². The number of aliphatic hydroxyl groups excluding tert-OH is 1. The van der Waals surface area contributed by atoms with Gasteiger partial charge in [-0.2, -0.15) is 0 Å². The molecule has 0 unspecified atom stereocenters. The Labute approximate surface area is 188 Å². The summed E-state index contributed by atoms with van der Waals surface area (Å²) in [5.41, 5.74) is 3.08. The largest absolute Gasteiger partial charge is 0.507 e. The number of ether oxygens (including phenoxy) is 2. The topological polar surface area (TPSA) is 80.5 Å². The maximum atomic E-state index is 13.2. The van der Waals surface area contributed by atoms with Crippen LogP contribution in [0.1, 0.15) is 28.3 Å². The number of aryl methyl sites for hydroxylation is 2. The number of Topliss-reactive ketones (excluding diaryl/α,β-unsaturated/α-hetero) is 1. The third-order valence-electron chi connectivity index (χ3n) is 5.76. The number of likely N-dealkylation sites (tertiary alicyclic amines) is 1. The second-order valence-electron chi connectivity index (χ2n) is 8.38. The lowest BCUT2D eigenvalue weighted by atomic mass is 9.93. The van der Waals surface area contributed by atoms with Crippen molar-refractivity contribution in [1.82, 2.24) is 4.90 Å². The van der Waals surface area contributed by atoms with Crippen LogP contribution >= 0.6 is 0 Å². The molecule has 0 saturated carbocycles. The van der Waals surface area contributed by atoms with Crippen LogP contribution in [0.15, 0.2) is 42.0 Å². The van der Waals surface area contributed by atoms with Crippen molar-refractivity contribution >= 4 is 17.4 Å². The number of hydrogen-bond acceptors (Lipinski definition) is 5. The van der Waals surface area contributed by atoms with Gasteiger partial charge in [0, 0.05) is 5.56 Å². The SMILES string of the molecule is COc1ccc([C@@H]2/C(=C(\O)c3cc(C)ccc3C)C(=O)C(=O)N2CC[NH+](C)C)cc1OC. The van der Waals surface area contributed by atoms with Crippen LogP contribution in [-0.4, -0.2) is 63.1 Å². The van der Waals surface area contributed by atoms with Crippen LogP contribution in [0.4, 0.5) is 0 Å². The average molecular weight is 440 g/mol. The Hall–Kier alpha value is -3.32. The Morgan fingerprint density at radius 1 is 1.03 bits per heavy atom. The molecular formula is C25H31N2O5+. The highest BCUT2D eigenvalue weighted by atomic mass is 16.5. The van der Waals surface area contributed by atoms with Crippen molar-refractivity contribution in [3.8, 4) is 11.5 Å². The van der Waals surface area contributed by atoms with Crippen molar-refractivity contribution in [2.24, 2.45) is 0 Å². The minimum absolute atomic E-state index is 0.0877. The number of aliphatic hydroxyl groups is 1. The van der Waals surface area contributed by atoms with Gasteiger partial charge in [-0.3, -0.25) is 9.59 Å². The summed E-state index contributed by atoms with van der Waals surface area (Å²) < 4.78 is 10.8. The fraction of sp³-hybridized carbons (Fsp3) is 0.360. The van der Waals surface area contributed by atoms with E-state index in [1.165, 1.54) is 12.0 Å². The summed E-state index contributed by atoms with van der Waals surface area (Å²) >= 11 is 0. The van der Waals surface area contributed by atoms with Crippen LogP contribution in [-0.2, 0) is 9.59 Å². The van der Waals surface area contributed by atoms with Crippen molar-refractivity contribution in [2.75, 3.05) is 41.4 Å². The van der Waals surface area contributed by atoms with Gasteiger partial charge in [-0.1, -0.05) is 23.8 Å². The predicted molar refractivity (Wildman–Crippen MR) is 122 cm³/mol. The zero-order valence-electron chi connectivity index (χ0n) is 19.5. The van der Waals surface area contributed by atoms with Gasteiger partial charge in [0.25, 0.3) is 11.7 Å². The van der Waals surface area contributed by atoms with Gasteiger partial charge in [0.15, 0.2) is 11.5 Å². The summed E-state index contributed by atoms with van der Waals surface area (Å²) in [6, 6.07) is 10.2. The summed E-state index contributed by atoms with van der Waals surface area (Å²) in [5.74, 6) is -0.431. The molecule has 1 fully saturated rings. The quantitative estimate of drug-likeness (QED) is 0.391. The molecule has 3 rings (SSSR count). The fourth-order valence-electron chi connectivity index (χ4n) is 3.96. The van der Waals surface area contributed by atoms with Crippen LogP contribution < -0.4 is 14.4 Å². The molecule has 170 valence electrons. The van der Waals surface area contributed by atoms with E-state index < -0.39 is 17.7 Å². The number of nitrogens with zero attached hydrogens (tertiary/aromatic N) is 1. The van der Waals surface area contributed by atoms with E-state index in [9.17, 15) is 14.7 Å². The second kappa shape index (κ2) is 9.44. The van der Waals surface area contributed by atoms with Gasteiger partial charge in [0.2, 0.25) is 0 Å². The molecule has 0 aliphatic carbocycles. The van der Waals surface area contributed by atoms with Crippen molar-refractivity contribution in [3.63, 3.8) is 0 Å². The Bertz CT molecular complexity index is 1070. The predicted octanol–water partition coefficient (Wildman–Crippen LogP) is 1.89. The number of amides is 1. The highest BCUT2D eigenvalue weighted by Crippen LogP contribution is 2.42. The number of methoxy groups -OCH3 is 2. The van der Waals surface area contributed by atoms with E-state index in [-0.39, 0.29) is 11.3 Å². The molecule has 1 atom stereocenters. The molecule has 0 aromatic heterocycles. The molecule has 2 aromatic rings. The highest BCUT2D eigenvalue weighted by molar-refractivity contribution is 6.46. The summed E-state index contributed by atoms with van der Waals surface area (Å²) in [6.45, 7) is 4.81. The molecule has 2 aromatic carbocycles. The Morgan fingerprint density at radius 2 is 1.72 bits per heavy atom. The molecule has 0 bridgehead atoms. The van der Waals surface area contributed by atoms with Crippen LogP contribution in [0.2, 0.25) is 0 Å². The molecule has 32 heavy (non-hydrogen) atoms. The van der Waals surface area contributed by atoms with Gasteiger partial charge in [-0.15, -0.1) is 0 Å². The normalized spacial score (nSPS) is 17.8. The molecular weight excluding hydrogens is 408 g/mol. The third-order valence-corrected chi connectivity index (χ3v) is 5.76. The van der Waals surface area contributed by atoms with E-state index in [0.717, 1.165) is 16.0 Å². The van der Waals surface area contributed by atoms with Gasteiger partial charge >= 0.3 is 0 Å². The number of rotatable bonds is 7. The lowest BCUT2D eigenvalue weighted by molar-refractivity contribution is -0.857. The molecule has 0 spiro atoms. The number of likely N-dealkylation sites (N-methyl/N-ethyl adjacent to an activating group) is 1. The van der Waals surface area contributed by atoms with Crippen LogP contribution in [0, 0.1) is 13.8 Å². The number of hydrogen-bond donors (Lipinski definition) is 2. The van der Waals surface area contributed by atoms with Crippen LogP contribution in [0.5, 0.6) is 11.5 Å². The first-order valence-electron chi connectivity index (χ1n) is 10.6. The average Bonchev–Trinajstić information content (AvgIpc) is 3.03. The number of benzene rings is 2. The van der Waals surface area contributed by atoms with E-state index in [4.69, 9.17) is 9.47 Å². The summed E-state index contributed by atoms with van der Waals surface area (Å²) in [7, 11) is 7.05. The standard InChI is InChI=1S/C25H30N2O5/c1-15-7-8-16(2)18(13-15)23(28)21-22(17-9-10-19(31-5)20(14-17)32-6)27(12-11-26(3)4)25(30)24(21)29/h7-10,13-14,22,28H,11-12H2,1-6H3/p+1/b23-21+/t22-/m1/s1. The number of carbonyl (C=O) groups excluding carboxylic acids is 2. The van der Waals surface area contributed by atoms with Gasteiger partial charge in [-0.05, 0) is 43.2 Å². The fourth-order valence-corrected chi connectivity index (χ4v) is 3.96. The highest BCUT2D eigenvalue weighted by Gasteiger charge is 2.46. The Balaban J connectivity index is 2.23. The van der Waals surface area contributed by atoms with Crippen molar-refractivity contribution in [1.29, 1.82) is 0 Å². The summed E-state index contributed by atoms with van der Waals surface area (Å²) in [4.78, 5) is 28.9. The van der Waals surface area contributed by atoms with Crippen molar-refractivity contribution in [3.05, 3.63) is 64.2 Å². The molecule has 7 nitrogen and oxygen atoms in total. The Morgan fingerprint density at radius 3 is 2.34 bits per heavy atom. The summed E-state index contributed by atoms with van der Waals surface area (Å²) in [6.07, 6.45) is 0. The Kier molecular flexibility index (Phi) is 6.89. The molecule has 2 N–H and O–H groups in total. The molecule has 1 aliphatic rings. The molecule has 0 radical (unpaired) electrons. The van der Waals surface area contributed by atoms with Gasteiger partial charge in [-0.25, -0.2) is 0 Å². The molecule has 1 saturated heterocycles. The van der Waals surface area contributed by atoms with E-state index in [1.807, 2.05) is 46.1 Å². The lowest BCUT2D eigenvalue weighted by Gasteiger charge is -2.26. The maximum absolute atomic E-state index is 13.2. The zero-order valence-corrected chi connectivity index (χ0v) is 19.5. The van der Waals surface area contributed by atoms with E-state index in [0.29, 0.717) is 35.7 Å². The monoisotopic (exact) mass is 439 g/mol. The number of nitrogens with one attached hydrogen (secondary N) is 1. The van der Waals surface area contributed by atoms with E-state index >= 15 is 0 Å². The molecule has 1 aliphatic heterocycles. The third kappa shape index (κ3) is 4.34. The minimum atomic E-state index is -0.728. The molecule has 1 heterocycles. The molecule has 1 amide bonds. The first-order chi connectivity index (χ1) is 15.2. The second-order valence-corrected chi connectivity index (χ2v) is 8.38. The first-order valence-corrected chi connectivity index (χ1v) is 10.6. The van der Waals surface area contributed by atoms with Crippen molar-refractivity contribution in [2.45, 2.75) is 19.9 Å². The summed E-state index contributed by atoms with van der Waals surface area (Å²) in [5, 5.41) is 11.3. The number of quaternary nitrogens is 1. The molecule has 7 heteroatoms. The maximum Gasteiger partial charge on any atom is 0.295 e. The smallest absolute Gasteiger partial charge is 0.295 e. The van der Waals surface area contributed by atoms with Crippen LogP contribution in [0.25, 0.3) is 5.76 Å². The van der Waals surface area contributed by atoms with E-state index in [1.54, 1.807) is 25.3 Å². The van der Waals surface area contributed by atoms with Gasteiger partial charge in [0.05, 0.1) is 53.0 Å². The zero-order chi connectivity index (χ0) is 23.6. The van der Waals surface area contributed by atoms with Crippen molar-refractivity contribution < 1.29 is 29.1 Å². The van der Waals surface area contributed by atoms with Crippen LogP contribution in [0.3, 0.4) is 0 Å². The van der Waals surface area contributed by atoms with Gasteiger partial charge in [0.1, 0.15) is 5.76 Å². The lowest BCUT2D eigenvalue weighted by Crippen LogP contribution is -3.06. The first kappa shape index (κ1) is 23.3.